The van der Waals surface area contributed by atoms with Gasteiger partial charge in [0.2, 0.25) is 5.91 Å². The van der Waals surface area contributed by atoms with Gasteiger partial charge in [0.25, 0.3) is 5.56 Å². The van der Waals surface area contributed by atoms with E-state index in [1.807, 2.05) is 31.2 Å². The fraction of sp³-hybridized carbons (Fsp3) is 0.444. The van der Waals surface area contributed by atoms with Crippen molar-refractivity contribution in [3.8, 4) is 5.75 Å². The highest BCUT2D eigenvalue weighted by molar-refractivity contribution is 5.80. The van der Waals surface area contributed by atoms with Gasteiger partial charge in [-0.3, -0.25) is 14.5 Å². The van der Waals surface area contributed by atoms with Crippen molar-refractivity contribution in [1.29, 1.82) is 0 Å². The molecule has 1 aromatic heterocycles. The molecule has 0 bridgehead atoms. The van der Waals surface area contributed by atoms with Gasteiger partial charge in [0, 0.05) is 48.6 Å². The number of H-pyrrole nitrogens is 1. The van der Waals surface area contributed by atoms with Gasteiger partial charge in [0.1, 0.15) is 5.75 Å². The lowest BCUT2D eigenvalue weighted by molar-refractivity contribution is -0.120. The van der Waals surface area contributed by atoms with Crippen LogP contribution in [0.1, 0.15) is 25.8 Å². The molecule has 0 radical (unpaired) electrons. The fourth-order valence-corrected chi connectivity index (χ4v) is 3.00. The van der Waals surface area contributed by atoms with Crippen molar-refractivity contribution in [2.75, 3.05) is 19.7 Å². The fourth-order valence-electron chi connectivity index (χ4n) is 3.00. The molecule has 6 nitrogen and oxygen atoms in total. The number of carbonyl (C=O) groups is 1. The van der Waals surface area contributed by atoms with Gasteiger partial charge in [0.15, 0.2) is 0 Å². The third-order valence-corrected chi connectivity index (χ3v) is 4.42. The molecule has 6 heteroatoms. The average Bonchev–Trinajstić information content (AvgIpc) is 2.71. The van der Waals surface area contributed by atoms with E-state index < -0.39 is 0 Å². The van der Waals surface area contributed by atoms with E-state index in [1.54, 1.807) is 0 Å². The number of fused-ring (bicyclic) bond motifs is 1. The van der Waals surface area contributed by atoms with Gasteiger partial charge in [-0.2, -0.15) is 0 Å². The van der Waals surface area contributed by atoms with Gasteiger partial charge in [-0.1, -0.05) is 0 Å². The molecule has 3 rings (SSSR count). The Hall–Kier alpha value is -2.34. The van der Waals surface area contributed by atoms with Crippen LogP contribution in [0.15, 0.2) is 29.1 Å². The standard InChI is InChI=1S/C18H23N3O3/c1-3-24-15-4-5-16-13(9-15)8-14(18(23)20-16)11-21-7-6-17(22)19-10-12(21)2/h4-5,8-9,12H,3,6-7,10-11H2,1-2H3,(H,19,22)(H,20,23)/t12-/m0/s1. The zero-order valence-corrected chi connectivity index (χ0v) is 14.1. The van der Waals surface area contributed by atoms with E-state index in [9.17, 15) is 9.59 Å². The SMILES string of the molecule is CCOc1ccc2[nH]c(=O)c(CN3CCC(=O)NC[C@@H]3C)cc2c1. The van der Waals surface area contributed by atoms with Gasteiger partial charge < -0.3 is 15.0 Å². The van der Waals surface area contributed by atoms with Gasteiger partial charge in [-0.05, 0) is 38.1 Å². The number of nitrogens with zero attached hydrogens (tertiary/aromatic N) is 1. The number of carbonyl (C=O) groups excluding carboxylic acids is 1. The highest BCUT2D eigenvalue weighted by Crippen LogP contribution is 2.20. The Morgan fingerprint density at radius 2 is 2.12 bits per heavy atom. The lowest BCUT2D eigenvalue weighted by Crippen LogP contribution is -2.38. The van der Waals surface area contributed by atoms with E-state index in [2.05, 4.69) is 22.1 Å². The Morgan fingerprint density at radius 1 is 1.29 bits per heavy atom. The number of hydrogen-bond donors (Lipinski definition) is 2. The number of hydrogen-bond acceptors (Lipinski definition) is 4. The van der Waals surface area contributed by atoms with Crippen molar-refractivity contribution >= 4 is 16.8 Å². The predicted octanol–water partition coefficient (Wildman–Crippen LogP) is 1.64. The highest BCUT2D eigenvalue weighted by atomic mass is 16.5. The second kappa shape index (κ2) is 7.05. The maximum atomic E-state index is 12.4. The smallest absolute Gasteiger partial charge is 0.252 e. The molecule has 2 heterocycles. The molecule has 0 unspecified atom stereocenters. The normalized spacial score (nSPS) is 19.1. The molecule has 2 N–H and O–H groups in total. The predicted molar refractivity (Wildman–Crippen MR) is 93.2 cm³/mol. The molecular weight excluding hydrogens is 306 g/mol. The first-order valence-corrected chi connectivity index (χ1v) is 8.36. The quantitative estimate of drug-likeness (QED) is 0.894. The number of benzene rings is 1. The largest absolute Gasteiger partial charge is 0.494 e. The highest BCUT2D eigenvalue weighted by Gasteiger charge is 2.21. The Kier molecular flexibility index (Phi) is 4.85. The zero-order valence-electron chi connectivity index (χ0n) is 14.1. The Bertz CT molecular complexity index is 800. The topological polar surface area (TPSA) is 74.4 Å². The van der Waals surface area contributed by atoms with E-state index in [1.165, 1.54) is 0 Å². The Labute approximate surface area is 140 Å². The minimum Gasteiger partial charge on any atom is -0.494 e. The Morgan fingerprint density at radius 3 is 2.92 bits per heavy atom. The summed E-state index contributed by atoms with van der Waals surface area (Å²) in [7, 11) is 0. The van der Waals surface area contributed by atoms with Crippen LogP contribution in [0.4, 0.5) is 0 Å². The number of aromatic nitrogens is 1. The van der Waals surface area contributed by atoms with Gasteiger partial charge in [-0.25, -0.2) is 0 Å². The van der Waals surface area contributed by atoms with Crippen LogP contribution in [0.5, 0.6) is 5.75 Å². The molecule has 1 atom stereocenters. The maximum absolute atomic E-state index is 12.4. The minimum atomic E-state index is -0.0811. The average molecular weight is 329 g/mol. The number of nitrogens with one attached hydrogen (secondary N) is 2. The van der Waals surface area contributed by atoms with E-state index in [-0.39, 0.29) is 17.5 Å². The van der Waals surface area contributed by atoms with Crippen LogP contribution in [-0.2, 0) is 11.3 Å². The molecule has 128 valence electrons. The second-order valence-corrected chi connectivity index (χ2v) is 6.18. The molecule has 1 aliphatic heterocycles. The summed E-state index contributed by atoms with van der Waals surface area (Å²) < 4.78 is 5.53. The van der Waals surface area contributed by atoms with Crippen LogP contribution >= 0.6 is 0 Å². The van der Waals surface area contributed by atoms with Crippen LogP contribution in [0.3, 0.4) is 0 Å². The molecule has 1 amide bonds. The van der Waals surface area contributed by atoms with Crippen LogP contribution in [0, 0.1) is 0 Å². The van der Waals surface area contributed by atoms with Crippen LogP contribution < -0.4 is 15.6 Å². The zero-order chi connectivity index (χ0) is 17.1. The van der Waals surface area contributed by atoms with Gasteiger partial charge in [-0.15, -0.1) is 0 Å². The van der Waals surface area contributed by atoms with Crippen LogP contribution in [-0.4, -0.2) is 41.5 Å². The van der Waals surface area contributed by atoms with Crippen molar-refractivity contribution in [3.05, 3.63) is 40.2 Å². The molecule has 1 aliphatic rings. The second-order valence-electron chi connectivity index (χ2n) is 6.18. The Balaban J connectivity index is 1.89. The number of rotatable bonds is 4. The summed E-state index contributed by atoms with van der Waals surface area (Å²) in [5, 5.41) is 3.84. The number of amides is 1. The number of aromatic amines is 1. The lowest BCUT2D eigenvalue weighted by atomic mass is 10.1. The summed E-state index contributed by atoms with van der Waals surface area (Å²) in [6.07, 6.45) is 0.463. The molecule has 0 aliphatic carbocycles. The van der Waals surface area contributed by atoms with Gasteiger partial charge >= 0.3 is 0 Å². The first-order valence-electron chi connectivity index (χ1n) is 8.36. The van der Waals surface area contributed by atoms with E-state index in [0.717, 1.165) is 16.7 Å². The van der Waals surface area contributed by atoms with Crippen molar-refractivity contribution in [3.63, 3.8) is 0 Å². The molecule has 1 aromatic carbocycles. The van der Waals surface area contributed by atoms with Crippen LogP contribution in [0.2, 0.25) is 0 Å². The molecule has 0 saturated carbocycles. The third-order valence-electron chi connectivity index (χ3n) is 4.42. The summed E-state index contributed by atoms with van der Waals surface area (Å²) >= 11 is 0. The lowest BCUT2D eigenvalue weighted by Gasteiger charge is -2.25. The summed E-state index contributed by atoms with van der Waals surface area (Å²) in [6.45, 7) is 6.41. The summed E-state index contributed by atoms with van der Waals surface area (Å²) in [4.78, 5) is 29.0. The first-order chi connectivity index (χ1) is 11.6. The summed E-state index contributed by atoms with van der Waals surface area (Å²) in [6, 6.07) is 7.78. The van der Waals surface area contributed by atoms with Crippen molar-refractivity contribution in [2.24, 2.45) is 0 Å². The summed E-state index contributed by atoms with van der Waals surface area (Å²) in [5.74, 6) is 0.860. The van der Waals surface area contributed by atoms with E-state index >= 15 is 0 Å². The molecule has 1 fully saturated rings. The molecule has 2 aromatic rings. The molecule has 24 heavy (non-hydrogen) atoms. The van der Waals surface area contributed by atoms with Crippen molar-refractivity contribution < 1.29 is 9.53 Å². The first kappa shape index (κ1) is 16.5. The maximum Gasteiger partial charge on any atom is 0.252 e. The summed E-state index contributed by atoms with van der Waals surface area (Å²) in [5.41, 5.74) is 1.42. The molecule has 1 saturated heterocycles. The number of ether oxygens (including phenoxy) is 1. The molecule has 0 spiro atoms. The third kappa shape index (κ3) is 3.59. The van der Waals surface area contributed by atoms with E-state index in [0.29, 0.717) is 38.2 Å². The van der Waals surface area contributed by atoms with E-state index in [4.69, 9.17) is 4.74 Å². The van der Waals surface area contributed by atoms with Crippen molar-refractivity contribution in [1.82, 2.24) is 15.2 Å². The van der Waals surface area contributed by atoms with Crippen LogP contribution in [0.25, 0.3) is 10.9 Å². The molecular formula is C18H23N3O3. The van der Waals surface area contributed by atoms with Crippen molar-refractivity contribution in [2.45, 2.75) is 32.9 Å². The number of pyridine rings is 1. The minimum absolute atomic E-state index is 0.0677. The monoisotopic (exact) mass is 329 g/mol. The van der Waals surface area contributed by atoms with Gasteiger partial charge in [0.05, 0.1) is 6.61 Å².